The summed E-state index contributed by atoms with van der Waals surface area (Å²) >= 11 is 5.87. The summed E-state index contributed by atoms with van der Waals surface area (Å²) in [5, 5.41) is 12.3. The lowest BCUT2D eigenvalue weighted by Crippen LogP contribution is -2.45. The van der Waals surface area contributed by atoms with Crippen LogP contribution < -0.4 is 5.32 Å². The van der Waals surface area contributed by atoms with Gasteiger partial charge in [0.05, 0.1) is 12.1 Å². The van der Waals surface area contributed by atoms with Gasteiger partial charge in [0.1, 0.15) is 6.04 Å². The van der Waals surface area contributed by atoms with Crippen LogP contribution in [-0.2, 0) is 23.1 Å². The van der Waals surface area contributed by atoms with Crippen molar-refractivity contribution in [2.45, 2.75) is 33.2 Å². The van der Waals surface area contributed by atoms with Gasteiger partial charge in [0.2, 0.25) is 11.7 Å². The first-order valence-corrected chi connectivity index (χ1v) is 8.97. The van der Waals surface area contributed by atoms with E-state index in [0.29, 0.717) is 22.0 Å². The number of carboxylic acids is 1. The Morgan fingerprint density at radius 1 is 1.19 bits per heavy atom. The number of carbonyl (C=O) groups is 3. The lowest BCUT2D eigenvalue weighted by atomic mass is 10.0. The molecule has 0 saturated heterocycles. The van der Waals surface area contributed by atoms with Gasteiger partial charge in [-0.15, -0.1) is 0 Å². The van der Waals surface area contributed by atoms with E-state index in [2.05, 4.69) is 5.32 Å². The Kier molecular flexibility index (Phi) is 6.44. The molecule has 2 N–H and O–H groups in total. The Labute approximate surface area is 163 Å². The van der Waals surface area contributed by atoms with Crippen LogP contribution in [0.3, 0.4) is 0 Å². The van der Waals surface area contributed by atoms with Gasteiger partial charge < -0.3 is 15.0 Å². The summed E-state index contributed by atoms with van der Waals surface area (Å²) in [6.45, 7) is 5.27. The van der Waals surface area contributed by atoms with Gasteiger partial charge in [-0.25, -0.2) is 4.79 Å². The van der Waals surface area contributed by atoms with Gasteiger partial charge in [0, 0.05) is 23.3 Å². The largest absolute Gasteiger partial charge is 0.480 e. The Morgan fingerprint density at radius 2 is 1.78 bits per heavy atom. The molecule has 0 aliphatic rings. The lowest BCUT2D eigenvalue weighted by molar-refractivity contribution is -0.143. The topological polar surface area (TPSA) is 88.4 Å². The molecule has 1 aromatic carbocycles. The van der Waals surface area contributed by atoms with Crippen LogP contribution >= 0.6 is 11.6 Å². The fourth-order valence-electron chi connectivity index (χ4n) is 2.96. The van der Waals surface area contributed by atoms with Crippen LogP contribution in [0.1, 0.15) is 41.2 Å². The van der Waals surface area contributed by atoms with Gasteiger partial charge in [0.25, 0.3) is 0 Å². The zero-order chi connectivity index (χ0) is 20.3. The molecule has 27 heavy (non-hydrogen) atoms. The van der Waals surface area contributed by atoms with Crippen molar-refractivity contribution < 1.29 is 19.5 Å². The standard InChI is InChI=1S/C20H23ClN2O4/c1-11(2)17(20(26)27)22-16(24)10-15-9-12(3)18(23(15)4)19(25)13-5-7-14(21)8-6-13/h5-9,11,17H,10H2,1-4H3,(H,22,24)(H,26,27). The number of halogens is 1. The number of aliphatic carboxylic acids is 1. The molecule has 2 rings (SSSR count). The number of benzene rings is 1. The Hall–Kier alpha value is -2.60. The number of aryl methyl sites for hydroxylation is 1. The number of amides is 1. The molecule has 0 radical (unpaired) electrons. The van der Waals surface area contributed by atoms with Gasteiger partial charge in [-0.05, 0) is 48.7 Å². The van der Waals surface area contributed by atoms with Gasteiger partial charge in [0.15, 0.2) is 0 Å². The number of nitrogens with zero attached hydrogens (tertiary/aromatic N) is 1. The van der Waals surface area contributed by atoms with E-state index >= 15 is 0 Å². The summed E-state index contributed by atoms with van der Waals surface area (Å²) < 4.78 is 1.68. The highest BCUT2D eigenvalue weighted by Crippen LogP contribution is 2.20. The fourth-order valence-corrected chi connectivity index (χ4v) is 3.09. The molecule has 1 amide bonds. The van der Waals surface area contributed by atoms with E-state index in [9.17, 15) is 19.5 Å². The van der Waals surface area contributed by atoms with Crippen LogP contribution in [0.5, 0.6) is 0 Å². The first kappa shape index (κ1) is 20.7. The summed E-state index contributed by atoms with van der Waals surface area (Å²) in [4.78, 5) is 36.4. The summed E-state index contributed by atoms with van der Waals surface area (Å²) in [6, 6.07) is 7.44. The van der Waals surface area contributed by atoms with Crippen molar-refractivity contribution in [3.05, 3.63) is 57.9 Å². The summed E-state index contributed by atoms with van der Waals surface area (Å²) in [5.74, 6) is -1.87. The molecule has 0 aliphatic carbocycles. The number of hydrogen-bond acceptors (Lipinski definition) is 3. The van der Waals surface area contributed by atoms with Crippen LogP contribution in [0.15, 0.2) is 30.3 Å². The summed E-state index contributed by atoms with van der Waals surface area (Å²) in [5.41, 5.74) is 2.37. The molecule has 2 aromatic rings. The molecule has 1 atom stereocenters. The van der Waals surface area contributed by atoms with Crippen molar-refractivity contribution in [1.29, 1.82) is 0 Å². The van der Waals surface area contributed by atoms with E-state index in [0.717, 1.165) is 5.56 Å². The molecule has 1 heterocycles. The maximum Gasteiger partial charge on any atom is 0.326 e. The minimum absolute atomic E-state index is 0.0122. The van der Waals surface area contributed by atoms with E-state index in [1.807, 2.05) is 0 Å². The molecule has 0 aliphatic heterocycles. The minimum atomic E-state index is -1.07. The van der Waals surface area contributed by atoms with Crippen LogP contribution in [0.4, 0.5) is 0 Å². The van der Waals surface area contributed by atoms with Gasteiger partial charge in [-0.2, -0.15) is 0 Å². The molecular formula is C20H23ClN2O4. The monoisotopic (exact) mass is 390 g/mol. The van der Waals surface area contributed by atoms with Crippen molar-refractivity contribution in [3.63, 3.8) is 0 Å². The Bertz CT molecular complexity index is 869. The number of rotatable bonds is 7. The predicted octanol–water partition coefficient (Wildman–Crippen LogP) is 2.99. The Balaban J connectivity index is 2.22. The average Bonchev–Trinajstić information content (AvgIpc) is 2.85. The number of ketones is 1. The van der Waals surface area contributed by atoms with E-state index in [4.69, 9.17) is 11.6 Å². The van der Waals surface area contributed by atoms with Crippen molar-refractivity contribution in [2.75, 3.05) is 0 Å². The first-order chi connectivity index (χ1) is 12.6. The summed E-state index contributed by atoms with van der Waals surface area (Å²) in [6.07, 6.45) is -0.0122. The minimum Gasteiger partial charge on any atom is -0.480 e. The molecule has 0 spiro atoms. The van der Waals surface area contributed by atoms with Crippen molar-refractivity contribution in [2.24, 2.45) is 13.0 Å². The molecule has 6 nitrogen and oxygen atoms in total. The lowest BCUT2D eigenvalue weighted by Gasteiger charge is -2.18. The molecule has 0 bridgehead atoms. The summed E-state index contributed by atoms with van der Waals surface area (Å²) in [7, 11) is 1.72. The molecule has 0 fully saturated rings. The van der Waals surface area contributed by atoms with E-state index in [1.54, 1.807) is 62.7 Å². The highest BCUT2D eigenvalue weighted by Gasteiger charge is 2.25. The van der Waals surface area contributed by atoms with Crippen LogP contribution in [-0.4, -0.2) is 33.4 Å². The number of hydrogen-bond donors (Lipinski definition) is 2. The maximum absolute atomic E-state index is 12.8. The van der Waals surface area contributed by atoms with Crippen LogP contribution in [0.2, 0.25) is 5.02 Å². The van der Waals surface area contributed by atoms with Crippen LogP contribution in [0.25, 0.3) is 0 Å². The van der Waals surface area contributed by atoms with Crippen molar-refractivity contribution >= 4 is 29.3 Å². The number of carbonyl (C=O) groups excluding carboxylic acids is 2. The SMILES string of the molecule is Cc1cc(CC(=O)NC(C(=O)O)C(C)C)n(C)c1C(=O)c1ccc(Cl)cc1. The first-order valence-electron chi connectivity index (χ1n) is 8.59. The zero-order valence-electron chi connectivity index (χ0n) is 15.7. The third-order valence-electron chi connectivity index (χ3n) is 4.44. The van der Waals surface area contributed by atoms with E-state index in [-0.39, 0.29) is 18.1 Å². The second-order valence-electron chi connectivity index (χ2n) is 6.87. The second kappa shape index (κ2) is 8.39. The fraction of sp³-hybridized carbons (Fsp3) is 0.350. The van der Waals surface area contributed by atoms with Crippen LogP contribution in [0, 0.1) is 12.8 Å². The third kappa shape index (κ3) is 4.77. The predicted molar refractivity (Wildman–Crippen MR) is 103 cm³/mol. The van der Waals surface area contributed by atoms with Gasteiger partial charge in [-0.1, -0.05) is 25.4 Å². The van der Waals surface area contributed by atoms with Gasteiger partial charge >= 0.3 is 5.97 Å². The van der Waals surface area contributed by atoms with Crippen molar-refractivity contribution in [3.8, 4) is 0 Å². The van der Waals surface area contributed by atoms with E-state index < -0.39 is 17.9 Å². The molecule has 144 valence electrons. The molecule has 0 saturated carbocycles. The number of nitrogens with one attached hydrogen (secondary N) is 1. The quantitative estimate of drug-likeness (QED) is 0.711. The second-order valence-corrected chi connectivity index (χ2v) is 7.30. The highest BCUT2D eigenvalue weighted by molar-refractivity contribution is 6.30. The highest BCUT2D eigenvalue weighted by atomic mass is 35.5. The third-order valence-corrected chi connectivity index (χ3v) is 4.69. The average molecular weight is 391 g/mol. The number of carboxylic acid groups (broad SMARTS) is 1. The van der Waals surface area contributed by atoms with Crippen molar-refractivity contribution in [1.82, 2.24) is 9.88 Å². The number of aromatic nitrogens is 1. The molecular weight excluding hydrogens is 368 g/mol. The maximum atomic E-state index is 12.8. The zero-order valence-corrected chi connectivity index (χ0v) is 16.5. The molecule has 1 aromatic heterocycles. The Morgan fingerprint density at radius 3 is 2.30 bits per heavy atom. The molecule has 7 heteroatoms. The smallest absolute Gasteiger partial charge is 0.326 e. The normalized spacial score (nSPS) is 12.1. The van der Waals surface area contributed by atoms with E-state index in [1.165, 1.54) is 0 Å². The van der Waals surface area contributed by atoms with Gasteiger partial charge in [-0.3, -0.25) is 9.59 Å². The molecule has 1 unspecified atom stereocenters.